The fourth-order valence-electron chi connectivity index (χ4n) is 5.15. The van der Waals surface area contributed by atoms with Gasteiger partial charge in [0.2, 0.25) is 0 Å². The number of benzene rings is 1. The molecule has 39 heavy (non-hydrogen) atoms. The summed E-state index contributed by atoms with van der Waals surface area (Å²) in [6.07, 6.45) is 4.68. The fourth-order valence-corrected chi connectivity index (χ4v) is 5.65. The molecule has 1 atom stereocenters. The van der Waals surface area contributed by atoms with Crippen LogP contribution in [0.5, 0.6) is 0 Å². The number of piperazine rings is 1. The molecule has 218 valence electrons. The maximum absolute atomic E-state index is 11.0. The molecule has 2 aliphatic heterocycles. The van der Waals surface area contributed by atoms with Gasteiger partial charge in [-0.05, 0) is 62.5 Å². The quantitative estimate of drug-likeness (QED) is 0.232. The molecule has 12 heteroatoms. The molecule has 1 aromatic carbocycles. The Morgan fingerprint density at radius 2 is 1.85 bits per heavy atom. The van der Waals surface area contributed by atoms with E-state index in [1.54, 1.807) is 5.48 Å². The number of hydrogen-bond acceptors (Lipinski definition) is 9. The highest BCUT2D eigenvalue weighted by Crippen LogP contribution is 2.31. The Morgan fingerprint density at radius 3 is 2.38 bits per heavy atom. The molecule has 0 radical (unpaired) electrons. The van der Waals surface area contributed by atoms with E-state index in [0.29, 0.717) is 22.9 Å². The second-order valence-electron chi connectivity index (χ2n) is 9.44. The Morgan fingerprint density at radius 1 is 1.18 bits per heavy atom. The zero-order valence-electron chi connectivity index (χ0n) is 23.4. The Hall–Kier alpha value is -2.05. The van der Waals surface area contributed by atoms with E-state index in [1.807, 2.05) is 26.0 Å². The second kappa shape index (κ2) is 16.9. The monoisotopic (exact) mass is 583 g/mol. The highest BCUT2D eigenvalue weighted by molar-refractivity contribution is 6.33. The number of nitrogens with one attached hydrogen (secondary N) is 1. The third kappa shape index (κ3) is 9.53. The molecule has 2 aliphatic rings. The van der Waals surface area contributed by atoms with Crippen molar-refractivity contribution in [2.45, 2.75) is 65.6 Å². The van der Waals surface area contributed by atoms with Crippen LogP contribution in [-0.2, 0) is 6.54 Å². The topological polar surface area (TPSA) is 124 Å². The van der Waals surface area contributed by atoms with Crippen molar-refractivity contribution >= 4 is 34.7 Å². The first-order chi connectivity index (χ1) is 18.8. The zero-order valence-corrected chi connectivity index (χ0v) is 25.0. The minimum Gasteiger partial charge on any atom is -0.353 e. The van der Waals surface area contributed by atoms with E-state index in [2.05, 4.69) is 45.3 Å². The summed E-state index contributed by atoms with van der Waals surface area (Å²) in [5.74, 6) is 0.647. The first kappa shape index (κ1) is 33.2. The predicted molar refractivity (Wildman–Crippen MR) is 159 cm³/mol. The number of pyridine rings is 1. The van der Waals surface area contributed by atoms with Crippen LogP contribution < -0.4 is 16.1 Å². The van der Waals surface area contributed by atoms with Crippen molar-refractivity contribution in [3.05, 3.63) is 61.7 Å². The van der Waals surface area contributed by atoms with Crippen molar-refractivity contribution in [1.82, 2.24) is 20.3 Å². The van der Waals surface area contributed by atoms with Crippen LogP contribution in [0.2, 0.25) is 10.0 Å². The Bertz CT molecular complexity index is 1040. The molecule has 3 heterocycles. The molecule has 2 saturated heterocycles. The van der Waals surface area contributed by atoms with E-state index < -0.39 is 4.92 Å². The number of anilines is 1. The van der Waals surface area contributed by atoms with Crippen molar-refractivity contribution in [1.29, 1.82) is 0 Å². The Kier molecular flexibility index (Phi) is 14.4. The van der Waals surface area contributed by atoms with Gasteiger partial charge in [0.15, 0.2) is 0 Å². The van der Waals surface area contributed by atoms with Gasteiger partial charge < -0.3 is 15.8 Å². The molecule has 0 amide bonds. The molecular formula is C27H43Cl2N7O3. The number of hydroxylamine groups is 1. The fraction of sp³-hybridized carbons (Fsp3) is 0.593. The summed E-state index contributed by atoms with van der Waals surface area (Å²) in [4.78, 5) is 22.2. The Labute approximate surface area is 242 Å². The lowest BCUT2D eigenvalue weighted by Crippen LogP contribution is -2.58. The van der Waals surface area contributed by atoms with Gasteiger partial charge in [-0.2, -0.15) is 5.48 Å². The number of nitro groups is 1. The van der Waals surface area contributed by atoms with Gasteiger partial charge in [-0.15, -0.1) is 0 Å². The molecule has 1 aromatic heterocycles. The molecule has 0 aliphatic carbocycles. The predicted octanol–water partition coefficient (Wildman–Crippen LogP) is 5.08. The van der Waals surface area contributed by atoms with Crippen LogP contribution in [0.15, 0.2) is 30.5 Å². The van der Waals surface area contributed by atoms with E-state index in [-0.39, 0.29) is 12.4 Å². The number of aryl methyl sites for hydroxylation is 1. The van der Waals surface area contributed by atoms with Gasteiger partial charge in [0.1, 0.15) is 12.0 Å². The smallest absolute Gasteiger partial charge is 0.289 e. The summed E-state index contributed by atoms with van der Waals surface area (Å²) < 4.78 is 0. The van der Waals surface area contributed by atoms with Crippen molar-refractivity contribution in [2.75, 3.05) is 44.3 Å². The third-order valence-electron chi connectivity index (χ3n) is 7.13. The molecule has 1 unspecified atom stereocenters. The number of likely N-dealkylation sites (tertiary alicyclic amines) is 1. The molecule has 2 fully saturated rings. The summed E-state index contributed by atoms with van der Waals surface area (Å²) in [5.41, 5.74) is 8.91. The minimum absolute atomic E-state index is 0.0741. The number of hydrogen-bond donors (Lipinski definition) is 3. The molecule has 10 nitrogen and oxygen atoms in total. The standard InChI is InChI=1S/C24H31Cl2N5O2.C2H6.CH6N2O/c1-3-20-16-29(24-23(26)13-22(14-27-24)31(32)33)10-11-30(20)21-6-8-28(9-7-21)15-18-4-5-19(25)12-17(18)2;1-2;2-1-3-4/h4-5,12-14,20-21H,3,6-11,15-16H2,1-2H3;1-2H3;3-4H,1-2H2. The molecule has 0 spiro atoms. The van der Waals surface area contributed by atoms with Gasteiger partial charge in [0.05, 0.1) is 16.6 Å². The zero-order chi connectivity index (χ0) is 28.9. The Balaban J connectivity index is 0.000000815. The molecule has 4 N–H and O–H groups in total. The van der Waals surface area contributed by atoms with Gasteiger partial charge in [-0.3, -0.25) is 19.9 Å². The van der Waals surface area contributed by atoms with Crippen LogP contribution in [0, 0.1) is 17.0 Å². The van der Waals surface area contributed by atoms with E-state index in [4.69, 9.17) is 28.4 Å². The first-order valence-electron chi connectivity index (χ1n) is 13.6. The third-order valence-corrected chi connectivity index (χ3v) is 7.65. The van der Waals surface area contributed by atoms with E-state index in [1.165, 1.54) is 36.2 Å². The number of halogens is 2. The van der Waals surface area contributed by atoms with Crippen LogP contribution in [0.4, 0.5) is 11.5 Å². The largest absolute Gasteiger partial charge is 0.353 e. The van der Waals surface area contributed by atoms with E-state index in [0.717, 1.165) is 50.7 Å². The van der Waals surface area contributed by atoms with Crippen molar-refractivity contribution in [3.63, 3.8) is 0 Å². The summed E-state index contributed by atoms with van der Waals surface area (Å²) >= 11 is 12.5. The van der Waals surface area contributed by atoms with Crippen LogP contribution in [0.25, 0.3) is 0 Å². The lowest BCUT2D eigenvalue weighted by molar-refractivity contribution is -0.385. The second-order valence-corrected chi connectivity index (χ2v) is 10.3. The molecule has 0 saturated carbocycles. The number of nitrogens with zero attached hydrogens (tertiary/aromatic N) is 5. The highest BCUT2D eigenvalue weighted by Gasteiger charge is 2.34. The molecular weight excluding hydrogens is 541 g/mol. The summed E-state index contributed by atoms with van der Waals surface area (Å²) in [5, 5.41) is 19.6. The maximum Gasteiger partial charge on any atom is 0.289 e. The normalized spacial score (nSPS) is 18.6. The number of nitrogens with two attached hydrogens (primary N) is 1. The average molecular weight is 585 g/mol. The van der Waals surface area contributed by atoms with E-state index >= 15 is 0 Å². The van der Waals surface area contributed by atoms with E-state index in [9.17, 15) is 10.1 Å². The molecule has 4 rings (SSSR count). The first-order valence-corrected chi connectivity index (χ1v) is 14.4. The maximum atomic E-state index is 11.0. The lowest BCUT2D eigenvalue weighted by atomic mass is 9.97. The van der Waals surface area contributed by atoms with Crippen LogP contribution in [-0.4, -0.2) is 76.4 Å². The highest BCUT2D eigenvalue weighted by atomic mass is 35.5. The van der Waals surface area contributed by atoms with Crippen LogP contribution >= 0.6 is 23.2 Å². The number of piperidine rings is 1. The van der Waals surface area contributed by atoms with Crippen molar-refractivity contribution in [2.24, 2.45) is 5.73 Å². The summed E-state index contributed by atoms with van der Waals surface area (Å²) in [6, 6.07) is 8.57. The summed E-state index contributed by atoms with van der Waals surface area (Å²) in [7, 11) is 0. The van der Waals surface area contributed by atoms with Gasteiger partial charge in [-0.1, -0.05) is 50.0 Å². The van der Waals surface area contributed by atoms with Gasteiger partial charge in [0.25, 0.3) is 5.69 Å². The minimum atomic E-state index is -0.462. The van der Waals surface area contributed by atoms with Crippen LogP contribution in [0.1, 0.15) is 51.2 Å². The van der Waals surface area contributed by atoms with Gasteiger partial charge in [0, 0.05) is 49.4 Å². The lowest BCUT2D eigenvalue weighted by Gasteiger charge is -2.47. The van der Waals surface area contributed by atoms with Gasteiger partial charge in [-0.25, -0.2) is 4.98 Å². The number of rotatable bonds is 7. The van der Waals surface area contributed by atoms with Gasteiger partial charge >= 0.3 is 0 Å². The SMILES string of the molecule is CC.CCC1CN(c2ncc([N+](=O)[O-])cc2Cl)CCN1C1CCN(Cc2ccc(Cl)cc2C)CC1.NCNO. The number of aromatic nitrogens is 1. The summed E-state index contributed by atoms with van der Waals surface area (Å²) in [6.45, 7) is 14.3. The van der Waals surface area contributed by atoms with Crippen molar-refractivity contribution < 1.29 is 10.1 Å². The molecule has 0 bridgehead atoms. The molecule has 2 aromatic rings. The van der Waals surface area contributed by atoms with Crippen molar-refractivity contribution in [3.8, 4) is 0 Å². The van der Waals surface area contributed by atoms with Crippen LogP contribution in [0.3, 0.4) is 0 Å². The average Bonchev–Trinajstić information content (AvgIpc) is 2.95.